The number of fused-ring (bicyclic) bond motifs is 4. The maximum atomic E-state index is 12.1. The largest absolute Gasteiger partial charge is 0.466 e. The molecule has 0 N–H and O–H groups in total. The first-order valence-corrected chi connectivity index (χ1v) is 7.47. The van der Waals surface area contributed by atoms with E-state index in [0.717, 1.165) is 25.7 Å². The summed E-state index contributed by atoms with van der Waals surface area (Å²) in [5.74, 6) is -0.979. The Morgan fingerprint density at radius 1 is 0.857 bits per heavy atom. The van der Waals surface area contributed by atoms with Crippen molar-refractivity contribution in [3.05, 3.63) is 22.3 Å². The number of carbonyl (C=O) groups excluding carboxylic acids is 2. The zero-order valence-electron chi connectivity index (χ0n) is 12.4. The van der Waals surface area contributed by atoms with E-state index in [2.05, 4.69) is 0 Å². The number of rotatable bonds is 2. The van der Waals surface area contributed by atoms with Crippen LogP contribution in [0.1, 0.15) is 38.5 Å². The highest BCUT2D eigenvalue weighted by Crippen LogP contribution is 2.48. The van der Waals surface area contributed by atoms with Crippen molar-refractivity contribution in [1.82, 2.24) is 0 Å². The van der Waals surface area contributed by atoms with Crippen molar-refractivity contribution in [3.8, 4) is 0 Å². The van der Waals surface area contributed by atoms with Crippen LogP contribution in [0.3, 0.4) is 0 Å². The third-order valence-electron chi connectivity index (χ3n) is 4.58. The van der Waals surface area contributed by atoms with Crippen molar-refractivity contribution < 1.29 is 23.8 Å². The van der Waals surface area contributed by atoms with Crippen molar-refractivity contribution in [3.63, 3.8) is 0 Å². The molecule has 0 amide bonds. The fraction of sp³-hybridized carbons (Fsp3) is 0.625. The molecule has 21 heavy (non-hydrogen) atoms. The van der Waals surface area contributed by atoms with E-state index in [0.29, 0.717) is 11.1 Å². The topological polar surface area (TPSA) is 61.8 Å². The second-order valence-electron chi connectivity index (χ2n) is 5.67. The normalized spacial score (nSPS) is 28.1. The first-order chi connectivity index (χ1) is 10.2. The Bertz CT molecular complexity index is 497. The molecular formula is C16H20O5. The summed E-state index contributed by atoms with van der Waals surface area (Å²) in [4.78, 5) is 24.1. The Balaban J connectivity index is 2.01. The lowest BCUT2D eigenvalue weighted by Gasteiger charge is -2.22. The summed E-state index contributed by atoms with van der Waals surface area (Å²) in [7, 11) is 2.65. The molecule has 0 fully saturated rings. The van der Waals surface area contributed by atoms with Gasteiger partial charge in [0.25, 0.3) is 0 Å². The summed E-state index contributed by atoms with van der Waals surface area (Å²) < 4.78 is 15.6. The van der Waals surface area contributed by atoms with E-state index in [1.165, 1.54) is 38.2 Å². The highest BCUT2D eigenvalue weighted by molar-refractivity contribution is 6.04. The van der Waals surface area contributed by atoms with E-state index >= 15 is 0 Å². The predicted molar refractivity (Wildman–Crippen MR) is 74.4 cm³/mol. The number of carbonyl (C=O) groups is 2. The summed E-state index contributed by atoms with van der Waals surface area (Å²) in [6.45, 7) is 0. The average Bonchev–Trinajstić information content (AvgIpc) is 2.99. The number of esters is 2. The van der Waals surface area contributed by atoms with Crippen LogP contribution >= 0.6 is 0 Å². The summed E-state index contributed by atoms with van der Waals surface area (Å²) in [6.07, 6.45) is 5.66. The van der Waals surface area contributed by atoms with Crippen LogP contribution in [-0.4, -0.2) is 38.4 Å². The molecule has 0 spiro atoms. The van der Waals surface area contributed by atoms with Crippen LogP contribution in [0, 0.1) is 0 Å². The molecule has 0 saturated heterocycles. The van der Waals surface area contributed by atoms with Crippen LogP contribution in [0.25, 0.3) is 0 Å². The number of hydrogen-bond donors (Lipinski definition) is 0. The van der Waals surface area contributed by atoms with Crippen LogP contribution in [0.5, 0.6) is 0 Å². The summed E-state index contributed by atoms with van der Waals surface area (Å²) in [6, 6.07) is 0. The van der Waals surface area contributed by atoms with E-state index in [-0.39, 0.29) is 0 Å². The number of hydrogen-bond acceptors (Lipinski definition) is 5. The summed E-state index contributed by atoms with van der Waals surface area (Å²) in [5, 5.41) is 0. The molecule has 114 valence electrons. The maximum absolute atomic E-state index is 12.1. The monoisotopic (exact) mass is 292 g/mol. The van der Waals surface area contributed by atoms with E-state index in [1.807, 2.05) is 0 Å². The molecule has 0 aromatic rings. The lowest BCUT2D eigenvalue weighted by Crippen LogP contribution is -2.26. The Labute approximate surface area is 123 Å². The lowest BCUT2D eigenvalue weighted by molar-refractivity contribution is -0.139. The Morgan fingerprint density at radius 2 is 1.29 bits per heavy atom. The van der Waals surface area contributed by atoms with Gasteiger partial charge in [0.15, 0.2) is 0 Å². The molecule has 2 aliphatic heterocycles. The first-order valence-electron chi connectivity index (χ1n) is 7.47. The minimum atomic E-state index is -0.489. The van der Waals surface area contributed by atoms with Gasteiger partial charge in [0.05, 0.1) is 25.4 Å². The standard InChI is InChI=1S/C16H20O5/c1-19-15(17)11-12(16(18)20-2)14-10-8-6-4-3-5-7-9(10)13(11)21-14/h13-14H,3-8H2,1-2H3. The van der Waals surface area contributed by atoms with Crippen molar-refractivity contribution in [2.45, 2.75) is 50.7 Å². The molecule has 3 aliphatic rings. The second-order valence-corrected chi connectivity index (χ2v) is 5.67. The third-order valence-corrected chi connectivity index (χ3v) is 4.58. The molecule has 0 aromatic carbocycles. The van der Waals surface area contributed by atoms with Gasteiger partial charge in [-0.1, -0.05) is 12.8 Å². The third kappa shape index (κ3) is 2.20. The first kappa shape index (κ1) is 14.3. The van der Waals surface area contributed by atoms with Gasteiger partial charge in [-0.15, -0.1) is 0 Å². The maximum Gasteiger partial charge on any atom is 0.337 e. The molecule has 1 aliphatic carbocycles. The Hall–Kier alpha value is -1.62. The number of methoxy groups -OCH3 is 2. The van der Waals surface area contributed by atoms with E-state index in [9.17, 15) is 9.59 Å². The zero-order valence-corrected chi connectivity index (χ0v) is 12.4. The summed E-state index contributed by atoms with van der Waals surface area (Å²) >= 11 is 0. The van der Waals surface area contributed by atoms with Gasteiger partial charge in [-0.05, 0) is 36.8 Å². The fourth-order valence-corrected chi connectivity index (χ4v) is 3.63. The molecule has 3 rings (SSSR count). The molecule has 2 heterocycles. The SMILES string of the molecule is COC(=O)C1=C(C(=O)OC)C2OC1C1=C2CCCCCC1. The molecule has 5 nitrogen and oxygen atoms in total. The second kappa shape index (κ2) is 5.64. The van der Waals surface area contributed by atoms with Gasteiger partial charge in [-0.25, -0.2) is 9.59 Å². The van der Waals surface area contributed by atoms with Crippen molar-refractivity contribution in [1.29, 1.82) is 0 Å². The van der Waals surface area contributed by atoms with Crippen LogP contribution in [0.2, 0.25) is 0 Å². The minimum Gasteiger partial charge on any atom is -0.466 e. The molecule has 2 atom stereocenters. The van der Waals surface area contributed by atoms with Crippen LogP contribution in [0.4, 0.5) is 0 Å². The van der Waals surface area contributed by atoms with Gasteiger partial charge in [0.2, 0.25) is 0 Å². The van der Waals surface area contributed by atoms with Crippen LogP contribution in [-0.2, 0) is 23.8 Å². The van der Waals surface area contributed by atoms with Gasteiger partial charge in [-0.2, -0.15) is 0 Å². The average molecular weight is 292 g/mol. The molecule has 2 unspecified atom stereocenters. The quantitative estimate of drug-likeness (QED) is 0.576. The highest BCUT2D eigenvalue weighted by Gasteiger charge is 2.51. The van der Waals surface area contributed by atoms with E-state index < -0.39 is 24.1 Å². The fourth-order valence-electron chi connectivity index (χ4n) is 3.63. The van der Waals surface area contributed by atoms with E-state index in [4.69, 9.17) is 14.2 Å². The van der Waals surface area contributed by atoms with Crippen molar-refractivity contribution >= 4 is 11.9 Å². The van der Waals surface area contributed by atoms with Crippen molar-refractivity contribution in [2.75, 3.05) is 14.2 Å². The summed E-state index contributed by atoms with van der Waals surface area (Å²) in [5.41, 5.74) is 3.06. The molecular weight excluding hydrogens is 272 g/mol. The molecule has 2 bridgehead atoms. The van der Waals surface area contributed by atoms with Gasteiger partial charge in [0.1, 0.15) is 12.2 Å². The Morgan fingerprint density at radius 3 is 1.67 bits per heavy atom. The predicted octanol–water partition coefficient (Wildman–Crippen LogP) is 2.06. The highest BCUT2D eigenvalue weighted by atomic mass is 16.5. The molecule has 0 saturated carbocycles. The smallest absolute Gasteiger partial charge is 0.337 e. The van der Waals surface area contributed by atoms with Gasteiger partial charge < -0.3 is 14.2 Å². The van der Waals surface area contributed by atoms with Gasteiger partial charge >= 0.3 is 11.9 Å². The molecule has 0 aromatic heterocycles. The van der Waals surface area contributed by atoms with Crippen molar-refractivity contribution in [2.24, 2.45) is 0 Å². The molecule has 5 heteroatoms. The zero-order chi connectivity index (χ0) is 15.0. The van der Waals surface area contributed by atoms with Crippen LogP contribution < -0.4 is 0 Å². The lowest BCUT2D eigenvalue weighted by atomic mass is 9.80. The Kier molecular flexibility index (Phi) is 3.85. The number of ether oxygens (including phenoxy) is 3. The van der Waals surface area contributed by atoms with E-state index in [1.54, 1.807) is 0 Å². The minimum absolute atomic E-state index is 0.341. The molecule has 0 radical (unpaired) electrons. The van der Waals surface area contributed by atoms with Gasteiger partial charge in [0, 0.05) is 0 Å². The van der Waals surface area contributed by atoms with Gasteiger partial charge in [-0.3, -0.25) is 0 Å². The van der Waals surface area contributed by atoms with Crippen LogP contribution in [0.15, 0.2) is 22.3 Å².